The minimum Gasteiger partial charge on any atom is -0.493 e. The Morgan fingerprint density at radius 2 is 2.08 bits per heavy atom. The minimum absolute atomic E-state index is 0.00989. The van der Waals surface area contributed by atoms with Gasteiger partial charge in [-0.25, -0.2) is 4.98 Å². The van der Waals surface area contributed by atoms with E-state index in [4.69, 9.17) is 9.15 Å². The number of carbonyl (C=O) groups excluding carboxylic acids is 1. The number of carbonyl (C=O) groups is 1. The number of aromatic nitrogens is 1. The summed E-state index contributed by atoms with van der Waals surface area (Å²) in [7, 11) is 0. The predicted octanol–water partition coefficient (Wildman–Crippen LogP) is 3.79. The lowest BCUT2D eigenvalue weighted by atomic mass is 9.98. The molecule has 4 rings (SSSR count). The molecular formula is C20H24N2O3. The number of aryl methyl sites for hydroxylation is 1. The second-order valence-electron chi connectivity index (χ2n) is 7.22. The van der Waals surface area contributed by atoms with Crippen molar-refractivity contribution in [3.8, 4) is 5.75 Å². The molecule has 2 heterocycles. The van der Waals surface area contributed by atoms with Gasteiger partial charge in [-0.15, -0.1) is 0 Å². The van der Waals surface area contributed by atoms with Crippen molar-refractivity contribution in [3.05, 3.63) is 47.7 Å². The summed E-state index contributed by atoms with van der Waals surface area (Å²) in [4.78, 5) is 18.9. The molecule has 1 aliphatic heterocycles. The third-order valence-corrected chi connectivity index (χ3v) is 5.06. The van der Waals surface area contributed by atoms with Crippen LogP contribution in [-0.4, -0.2) is 35.5 Å². The number of rotatable bonds is 5. The summed E-state index contributed by atoms with van der Waals surface area (Å²) >= 11 is 0. The number of amides is 1. The molecule has 25 heavy (non-hydrogen) atoms. The van der Waals surface area contributed by atoms with E-state index in [1.54, 1.807) is 0 Å². The van der Waals surface area contributed by atoms with Gasteiger partial charge in [0.05, 0.1) is 6.61 Å². The Hall–Kier alpha value is -2.30. The molecule has 1 aromatic heterocycles. The number of likely N-dealkylation sites (tertiary alicyclic amines) is 1. The van der Waals surface area contributed by atoms with Crippen LogP contribution in [0.4, 0.5) is 0 Å². The van der Waals surface area contributed by atoms with Gasteiger partial charge in [-0.05, 0) is 44.7 Å². The minimum atomic E-state index is 0.00989. The monoisotopic (exact) mass is 340 g/mol. The van der Waals surface area contributed by atoms with Crippen LogP contribution in [-0.2, 0) is 0 Å². The fourth-order valence-electron chi connectivity index (χ4n) is 3.43. The van der Waals surface area contributed by atoms with Gasteiger partial charge in [0.15, 0.2) is 12.1 Å². The summed E-state index contributed by atoms with van der Waals surface area (Å²) in [5, 5.41) is 0. The van der Waals surface area contributed by atoms with E-state index in [1.165, 1.54) is 12.0 Å². The SMILES string of the molecule is Cc1ccc(OC[C@H]2CCCN(C(=O)c3ncoc3C3CC3)C2)cc1. The van der Waals surface area contributed by atoms with Crippen molar-refractivity contribution in [3.63, 3.8) is 0 Å². The third-order valence-electron chi connectivity index (χ3n) is 5.06. The van der Waals surface area contributed by atoms with Crippen molar-refractivity contribution in [1.82, 2.24) is 9.88 Å². The molecule has 0 spiro atoms. The Morgan fingerprint density at radius 3 is 2.84 bits per heavy atom. The van der Waals surface area contributed by atoms with Crippen LogP contribution in [0.25, 0.3) is 0 Å². The first-order chi connectivity index (χ1) is 12.2. The van der Waals surface area contributed by atoms with Crippen molar-refractivity contribution in [1.29, 1.82) is 0 Å². The van der Waals surface area contributed by atoms with E-state index >= 15 is 0 Å². The molecule has 132 valence electrons. The van der Waals surface area contributed by atoms with E-state index in [1.807, 2.05) is 17.0 Å². The number of hydrogen-bond acceptors (Lipinski definition) is 4. The zero-order chi connectivity index (χ0) is 17.2. The smallest absolute Gasteiger partial charge is 0.276 e. The molecule has 1 saturated carbocycles. The highest BCUT2D eigenvalue weighted by molar-refractivity contribution is 5.93. The Kier molecular flexibility index (Phi) is 4.47. The van der Waals surface area contributed by atoms with Crippen LogP contribution >= 0.6 is 0 Å². The fourth-order valence-corrected chi connectivity index (χ4v) is 3.43. The summed E-state index contributed by atoms with van der Waals surface area (Å²) in [5.41, 5.74) is 1.74. The molecule has 0 bridgehead atoms. The molecule has 1 saturated heterocycles. The molecular weight excluding hydrogens is 316 g/mol. The lowest BCUT2D eigenvalue weighted by molar-refractivity contribution is 0.0626. The fraction of sp³-hybridized carbons (Fsp3) is 0.500. The highest BCUT2D eigenvalue weighted by Crippen LogP contribution is 2.41. The normalized spacial score (nSPS) is 20.5. The maximum absolute atomic E-state index is 12.8. The second kappa shape index (κ2) is 6.90. The molecule has 5 heteroatoms. The van der Waals surface area contributed by atoms with Gasteiger partial charge < -0.3 is 14.1 Å². The average Bonchev–Trinajstić information content (AvgIpc) is 3.37. The number of oxazole rings is 1. The van der Waals surface area contributed by atoms with Crippen molar-refractivity contribution < 1.29 is 13.9 Å². The maximum atomic E-state index is 12.8. The van der Waals surface area contributed by atoms with E-state index in [-0.39, 0.29) is 5.91 Å². The topological polar surface area (TPSA) is 55.6 Å². The molecule has 2 aromatic rings. The molecule has 0 unspecified atom stereocenters. The first-order valence-electron chi connectivity index (χ1n) is 9.13. The summed E-state index contributed by atoms with van der Waals surface area (Å²) in [5.74, 6) is 2.43. The molecule has 1 aliphatic carbocycles. The van der Waals surface area contributed by atoms with Crippen molar-refractivity contribution in [2.75, 3.05) is 19.7 Å². The lowest BCUT2D eigenvalue weighted by Crippen LogP contribution is -2.42. The highest BCUT2D eigenvalue weighted by atomic mass is 16.5. The van der Waals surface area contributed by atoms with Gasteiger partial charge in [-0.3, -0.25) is 4.79 Å². The summed E-state index contributed by atoms with van der Waals surface area (Å²) in [6.45, 7) is 4.22. The number of ether oxygens (including phenoxy) is 1. The number of hydrogen-bond donors (Lipinski definition) is 0. The van der Waals surface area contributed by atoms with Crippen LogP contribution < -0.4 is 4.74 Å². The van der Waals surface area contributed by atoms with Crippen LogP contribution in [0.2, 0.25) is 0 Å². The van der Waals surface area contributed by atoms with Crippen molar-refractivity contribution in [2.45, 2.75) is 38.5 Å². The van der Waals surface area contributed by atoms with E-state index in [0.717, 1.165) is 50.3 Å². The van der Waals surface area contributed by atoms with Crippen molar-refractivity contribution >= 4 is 5.91 Å². The van der Waals surface area contributed by atoms with Crippen LogP contribution in [0.1, 0.15) is 53.4 Å². The van der Waals surface area contributed by atoms with E-state index in [2.05, 4.69) is 24.0 Å². The average molecular weight is 340 g/mol. The predicted molar refractivity (Wildman–Crippen MR) is 93.8 cm³/mol. The zero-order valence-electron chi connectivity index (χ0n) is 14.6. The Labute approximate surface area is 148 Å². The van der Waals surface area contributed by atoms with Crippen LogP contribution in [0.3, 0.4) is 0 Å². The van der Waals surface area contributed by atoms with Gasteiger partial charge in [0.25, 0.3) is 5.91 Å². The van der Waals surface area contributed by atoms with Gasteiger partial charge in [-0.1, -0.05) is 17.7 Å². The quantitative estimate of drug-likeness (QED) is 0.831. The zero-order valence-corrected chi connectivity index (χ0v) is 14.6. The number of piperidine rings is 1. The summed E-state index contributed by atoms with van der Waals surface area (Å²) in [6, 6.07) is 8.10. The Balaban J connectivity index is 1.36. The molecule has 5 nitrogen and oxygen atoms in total. The summed E-state index contributed by atoms with van der Waals surface area (Å²) in [6.07, 6.45) is 5.70. The van der Waals surface area contributed by atoms with Crippen LogP contribution in [0.5, 0.6) is 5.75 Å². The second-order valence-corrected chi connectivity index (χ2v) is 7.22. The first-order valence-corrected chi connectivity index (χ1v) is 9.13. The molecule has 0 radical (unpaired) electrons. The van der Waals surface area contributed by atoms with Gasteiger partial charge in [0.2, 0.25) is 0 Å². The molecule has 2 fully saturated rings. The third kappa shape index (κ3) is 3.70. The van der Waals surface area contributed by atoms with Crippen molar-refractivity contribution in [2.24, 2.45) is 5.92 Å². The van der Waals surface area contributed by atoms with Gasteiger partial charge >= 0.3 is 0 Å². The maximum Gasteiger partial charge on any atom is 0.276 e. The largest absolute Gasteiger partial charge is 0.493 e. The first kappa shape index (κ1) is 16.2. The molecule has 2 aliphatic rings. The van der Waals surface area contributed by atoms with Gasteiger partial charge in [0.1, 0.15) is 11.5 Å². The summed E-state index contributed by atoms with van der Waals surface area (Å²) < 4.78 is 11.4. The van der Waals surface area contributed by atoms with Gasteiger partial charge in [-0.2, -0.15) is 0 Å². The van der Waals surface area contributed by atoms with E-state index < -0.39 is 0 Å². The molecule has 1 atom stereocenters. The molecule has 0 N–H and O–H groups in total. The van der Waals surface area contributed by atoms with Gasteiger partial charge in [0, 0.05) is 24.9 Å². The van der Waals surface area contributed by atoms with Crippen LogP contribution in [0, 0.1) is 12.8 Å². The standard InChI is InChI=1S/C20H24N2O3/c1-14-4-8-17(9-5-14)24-12-15-3-2-10-22(11-15)20(23)18-19(16-6-7-16)25-13-21-18/h4-5,8-9,13,15-16H,2-3,6-7,10-12H2,1H3/t15-/m0/s1. The van der Waals surface area contributed by atoms with Crippen LogP contribution in [0.15, 0.2) is 35.1 Å². The Bertz CT molecular complexity index is 734. The highest BCUT2D eigenvalue weighted by Gasteiger charge is 2.35. The lowest BCUT2D eigenvalue weighted by Gasteiger charge is -2.32. The number of benzene rings is 1. The number of nitrogens with zero attached hydrogens (tertiary/aromatic N) is 2. The Morgan fingerprint density at radius 1 is 1.28 bits per heavy atom. The molecule has 1 amide bonds. The molecule has 1 aromatic carbocycles. The van der Waals surface area contributed by atoms with E-state index in [0.29, 0.717) is 24.1 Å². The van der Waals surface area contributed by atoms with E-state index in [9.17, 15) is 4.79 Å².